The fourth-order valence-corrected chi connectivity index (χ4v) is 1.35. The van der Waals surface area contributed by atoms with Gasteiger partial charge in [0.25, 0.3) is 5.91 Å². The van der Waals surface area contributed by atoms with Crippen LogP contribution in [-0.2, 0) is 0 Å². The van der Waals surface area contributed by atoms with Gasteiger partial charge in [-0.3, -0.25) is 4.79 Å². The van der Waals surface area contributed by atoms with Gasteiger partial charge in [-0.25, -0.2) is 9.37 Å². The maximum atomic E-state index is 12.7. The summed E-state index contributed by atoms with van der Waals surface area (Å²) in [6.07, 6.45) is 1.07. The molecule has 1 aromatic carbocycles. The molecule has 92 valence electrons. The van der Waals surface area contributed by atoms with E-state index in [0.29, 0.717) is 5.69 Å². The predicted octanol–water partition coefficient (Wildman–Crippen LogP) is 0.165. The van der Waals surface area contributed by atoms with Crippen molar-refractivity contribution in [1.29, 1.82) is 0 Å². The highest BCUT2D eigenvalue weighted by atomic mass is 19.1. The van der Waals surface area contributed by atoms with E-state index in [2.05, 4.69) is 15.3 Å². The van der Waals surface area contributed by atoms with Crippen LogP contribution >= 0.6 is 0 Å². The molecular formula is C11H7FN3O3-. The normalized spacial score (nSPS) is 10.1. The Hall–Kier alpha value is -2.70. The van der Waals surface area contributed by atoms with Gasteiger partial charge in [0.05, 0.1) is 18.0 Å². The zero-order valence-electron chi connectivity index (χ0n) is 8.94. The summed E-state index contributed by atoms with van der Waals surface area (Å²) in [5, 5.41) is 13.1. The van der Waals surface area contributed by atoms with E-state index in [1.165, 1.54) is 24.3 Å². The Bertz CT molecular complexity index is 592. The molecule has 0 fully saturated rings. The van der Waals surface area contributed by atoms with Crippen molar-refractivity contribution in [2.24, 2.45) is 0 Å². The van der Waals surface area contributed by atoms with Crippen LogP contribution in [0.1, 0.15) is 21.0 Å². The maximum Gasteiger partial charge on any atom is 0.276 e. The molecule has 0 radical (unpaired) electrons. The highest BCUT2D eigenvalue weighted by molar-refractivity contribution is 6.08. The number of carboxylic acids is 1. The Balaban J connectivity index is 2.19. The van der Waals surface area contributed by atoms with Crippen molar-refractivity contribution in [2.75, 3.05) is 5.32 Å². The second-order valence-corrected chi connectivity index (χ2v) is 3.37. The quantitative estimate of drug-likeness (QED) is 0.808. The van der Waals surface area contributed by atoms with E-state index in [4.69, 9.17) is 0 Å². The number of nitrogens with one attached hydrogen (secondary N) is 2. The lowest BCUT2D eigenvalue weighted by Gasteiger charge is -2.05. The number of amides is 1. The minimum atomic E-state index is -1.53. The molecule has 0 aliphatic rings. The first-order chi connectivity index (χ1) is 8.58. The molecule has 2 aromatic rings. The number of anilines is 1. The lowest BCUT2D eigenvalue weighted by atomic mass is 10.2. The summed E-state index contributed by atoms with van der Waals surface area (Å²) in [4.78, 5) is 28.3. The van der Waals surface area contributed by atoms with Gasteiger partial charge in [-0.15, -0.1) is 0 Å². The van der Waals surface area contributed by atoms with Crippen molar-refractivity contribution in [3.8, 4) is 0 Å². The molecule has 0 aliphatic heterocycles. The van der Waals surface area contributed by atoms with E-state index in [1.807, 2.05) is 0 Å². The van der Waals surface area contributed by atoms with Crippen LogP contribution in [0, 0.1) is 5.82 Å². The molecule has 1 heterocycles. The second kappa shape index (κ2) is 4.66. The lowest BCUT2D eigenvalue weighted by molar-refractivity contribution is -0.255. The maximum absolute atomic E-state index is 12.7. The monoisotopic (exact) mass is 248 g/mol. The summed E-state index contributed by atoms with van der Waals surface area (Å²) in [5.41, 5.74) is -0.373. The van der Waals surface area contributed by atoms with Gasteiger partial charge in [0.1, 0.15) is 5.82 Å². The smallest absolute Gasteiger partial charge is 0.276 e. The number of hydrogen-bond donors (Lipinski definition) is 2. The summed E-state index contributed by atoms with van der Waals surface area (Å²) in [6.45, 7) is 0. The molecular weight excluding hydrogens is 241 g/mol. The Morgan fingerprint density at radius 1 is 1.28 bits per heavy atom. The molecule has 1 aromatic heterocycles. The fraction of sp³-hybridized carbons (Fsp3) is 0. The SMILES string of the molecule is O=C(Nc1ccc(F)cc1)c1nc[nH]c1C(=O)[O-]. The Morgan fingerprint density at radius 2 is 1.94 bits per heavy atom. The van der Waals surface area contributed by atoms with Gasteiger partial charge < -0.3 is 20.2 Å². The molecule has 1 amide bonds. The van der Waals surface area contributed by atoms with E-state index >= 15 is 0 Å². The van der Waals surface area contributed by atoms with E-state index in [-0.39, 0.29) is 5.69 Å². The fourth-order valence-electron chi connectivity index (χ4n) is 1.35. The Labute approximate surface area is 100 Å². The van der Waals surface area contributed by atoms with Crippen molar-refractivity contribution in [1.82, 2.24) is 9.97 Å². The third kappa shape index (κ3) is 2.34. The van der Waals surface area contributed by atoms with E-state index in [1.54, 1.807) is 0 Å². The predicted molar refractivity (Wildman–Crippen MR) is 57.3 cm³/mol. The van der Waals surface area contributed by atoms with Crippen LogP contribution < -0.4 is 10.4 Å². The molecule has 6 nitrogen and oxygen atoms in total. The number of carbonyl (C=O) groups excluding carboxylic acids is 2. The number of halogens is 1. The molecule has 0 spiro atoms. The van der Waals surface area contributed by atoms with Gasteiger partial charge in [0.15, 0.2) is 5.69 Å². The number of nitrogens with zero attached hydrogens (tertiary/aromatic N) is 1. The molecule has 0 atom stereocenters. The van der Waals surface area contributed by atoms with Gasteiger partial charge in [0.2, 0.25) is 0 Å². The third-order valence-electron chi connectivity index (χ3n) is 2.16. The summed E-state index contributed by atoms with van der Waals surface area (Å²) in [5.74, 6) is -2.69. The third-order valence-corrected chi connectivity index (χ3v) is 2.16. The molecule has 18 heavy (non-hydrogen) atoms. The summed E-state index contributed by atoms with van der Waals surface area (Å²) < 4.78 is 12.7. The van der Waals surface area contributed by atoms with Gasteiger partial charge in [0, 0.05) is 5.69 Å². The van der Waals surface area contributed by atoms with Crippen LogP contribution in [0.15, 0.2) is 30.6 Å². The van der Waals surface area contributed by atoms with Crippen molar-refractivity contribution >= 4 is 17.6 Å². The first kappa shape index (κ1) is 11.8. The average Bonchev–Trinajstić information content (AvgIpc) is 2.81. The zero-order valence-corrected chi connectivity index (χ0v) is 8.94. The highest BCUT2D eigenvalue weighted by Gasteiger charge is 2.15. The molecule has 2 N–H and O–H groups in total. The van der Waals surface area contributed by atoms with Crippen LogP contribution in [-0.4, -0.2) is 21.8 Å². The Kier molecular flexibility index (Phi) is 3.05. The summed E-state index contributed by atoms with van der Waals surface area (Å²) in [6, 6.07) is 5.02. The number of H-pyrrole nitrogens is 1. The highest BCUT2D eigenvalue weighted by Crippen LogP contribution is 2.11. The van der Waals surface area contributed by atoms with Crippen LogP contribution in [0.4, 0.5) is 10.1 Å². The van der Waals surface area contributed by atoms with Crippen molar-refractivity contribution in [3.05, 3.63) is 47.8 Å². The van der Waals surface area contributed by atoms with E-state index in [9.17, 15) is 19.1 Å². The van der Waals surface area contributed by atoms with Crippen LogP contribution in [0.3, 0.4) is 0 Å². The van der Waals surface area contributed by atoms with Gasteiger partial charge in [-0.05, 0) is 24.3 Å². The number of aromatic nitrogens is 2. The molecule has 0 saturated heterocycles. The minimum absolute atomic E-state index is 0.292. The number of carbonyl (C=O) groups is 2. The largest absolute Gasteiger partial charge is 0.543 e. The van der Waals surface area contributed by atoms with Crippen LogP contribution in [0.25, 0.3) is 0 Å². The first-order valence-corrected chi connectivity index (χ1v) is 4.89. The number of hydrogen-bond acceptors (Lipinski definition) is 4. The van der Waals surface area contributed by atoms with E-state index < -0.39 is 23.4 Å². The molecule has 7 heteroatoms. The number of carboxylic acid groups (broad SMARTS) is 1. The van der Waals surface area contributed by atoms with Crippen molar-refractivity contribution < 1.29 is 19.1 Å². The van der Waals surface area contributed by atoms with Crippen molar-refractivity contribution in [2.45, 2.75) is 0 Å². The molecule has 2 rings (SSSR count). The summed E-state index contributed by atoms with van der Waals surface area (Å²) >= 11 is 0. The minimum Gasteiger partial charge on any atom is -0.543 e. The standard InChI is InChI=1S/C11H8FN3O3/c12-6-1-3-7(4-2-6)15-10(16)8-9(11(17)18)14-5-13-8/h1-5H,(H,13,14)(H,15,16)(H,17,18)/p-1. The van der Waals surface area contributed by atoms with Crippen LogP contribution in [0.5, 0.6) is 0 Å². The zero-order chi connectivity index (χ0) is 13.1. The molecule has 0 aliphatic carbocycles. The number of aromatic amines is 1. The topological polar surface area (TPSA) is 97.9 Å². The molecule has 0 bridgehead atoms. The molecule has 0 unspecified atom stereocenters. The van der Waals surface area contributed by atoms with Crippen molar-refractivity contribution in [3.63, 3.8) is 0 Å². The first-order valence-electron chi connectivity index (χ1n) is 4.89. The number of benzene rings is 1. The number of rotatable bonds is 3. The van der Waals surface area contributed by atoms with E-state index in [0.717, 1.165) is 6.33 Å². The molecule has 0 saturated carbocycles. The van der Waals surface area contributed by atoms with Crippen LogP contribution in [0.2, 0.25) is 0 Å². The van der Waals surface area contributed by atoms with Gasteiger partial charge in [-0.1, -0.05) is 0 Å². The lowest BCUT2D eigenvalue weighted by Crippen LogP contribution is -2.26. The van der Waals surface area contributed by atoms with Gasteiger partial charge in [-0.2, -0.15) is 0 Å². The Morgan fingerprint density at radius 3 is 2.56 bits per heavy atom. The average molecular weight is 248 g/mol. The second-order valence-electron chi connectivity index (χ2n) is 3.37. The number of imidazole rings is 1. The van der Waals surface area contributed by atoms with Gasteiger partial charge >= 0.3 is 0 Å². The summed E-state index contributed by atoms with van der Waals surface area (Å²) in [7, 11) is 0. The number of aromatic carboxylic acids is 1.